The minimum absolute atomic E-state index is 0.261. The number of hydrogen-bond acceptors (Lipinski definition) is 3. The highest BCUT2D eigenvalue weighted by molar-refractivity contribution is 6.46. The van der Waals surface area contributed by atoms with Crippen molar-refractivity contribution in [2.45, 2.75) is 26.7 Å². The zero-order chi connectivity index (χ0) is 21.5. The van der Waals surface area contributed by atoms with Crippen LogP contribution in [0.3, 0.4) is 0 Å². The number of amides is 2. The van der Waals surface area contributed by atoms with Crippen LogP contribution in [0.1, 0.15) is 28.7 Å². The van der Waals surface area contributed by atoms with Gasteiger partial charge in [-0.25, -0.2) is 4.90 Å². The zero-order valence-corrected chi connectivity index (χ0v) is 17.8. The molecule has 0 bridgehead atoms. The largest absolute Gasteiger partial charge is 0.336 e. The first-order chi connectivity index (χ1) is 15.0. The Morgan fingerprint density at radius 2 is 1.55 bits per heavy atom. The van der Waals surface area contributed by atoms with Gasteiger partial charge in [0.2, 0.25) is 0 Å². The van der Waals surface area contributed by atoms with E-state index < -0.39 is 0 Å². The molecule has 0 atom stereocenters. The van der Waals surface area contributed by atoms with Crippen molar-refractivity contribution in [1.82, 2.24) is 0 Å². The molecule has 2 amide bonds. The van der Waals surface area contributed by atoms with Gasteiger partial charge in [-0.2, -0.15) is 0 Å². The van der Waals surface area contributed by atoms with Gasteiger partial charge in [0, 0.05) is 12.2 Å². The lowest BCUT2D eigenvalue weighted by Crippen LogP contribution is -2.37. The van der Waals surface area contributed by atoms with Crippen molar-refractivity contribution >= 4 is 28.8 Å². The maximum atomic E-state index is 13.8. The van der Waals surface area contributed by atoms with Crippen molar-refractivity contribution in [2.75, 3.05) is 16.3 Å². The number of para-hydroxylation sites is 1. The Labute approximate surface area is 182 Å². The number of fused-ring (bicyclic) bond motifs is 1. The molecule has 0 saturated carbocycles. The summed E-state index contributed by atoms with van der Waals surface area (Å²) in [4.78, 5) is 30.9. The highest BCUT2D eigenvalue weighted by atomic mass is 16.2. The fourth-order valence-corrected chi connectivity index (χ4v) is 4.52. The molecule has 4 heteroatoms. The molecule has 0 spiro atoms. The molecular weight excluding hydrogens is 384 g/mol. The molecule has 0 saturated heterocycles. The van der Waals surface area contributed by atoms with E-state index in [0.29, 0.717) is 23.5 Å². The highest BCUT2D eigenvalue weighted by Crippen LogP contribution is 2.39. The smallest absolute Gasteiger partial charge is 0.282 e. The van der Waals surface area contributed by atoms with E-state index in [-0.39, 0.29) is 11.8 Å². The number of anilines is 2. The van der Waals surface area contributed by atoms with Gasteiger partial charge in [-0.15, -0.1) is 0 Å². The van der Waals surface area contributed by atoms with Crippen LogP contribution in [0.25, 0.3) is 5.57 Å². The van der Waals surface area contributed by atoms with Crippen molar-refractivity contribution in [3.8, 4) is 0 Å². The van der Waals surface area contributed by atoms with Crippen molar-refractivity contribution in [3.63, 3.8) is 0 Å². The Balaban J connectivity index is 1.70. The van der Waals surface area contributed by atoms with Crippen LogP contribution in [0.2, 0.25) is 0 Å². The first-order valence-electron chi connectivity index (χ1n) is 10.7. The number of carbonyl (C=O) groups excluding carboxylic acids is 2. The monoisotopic (exact) mass is 408 g/mol. The Bertz CT molecular complexity index is 1220. The summed E-state index contributed by atoms with van der Waals surface area (Å²) in [6.07, 6.45) is 1.91. The lowest BCUT2D eigenvalue weighted by Gasteiger charge is -2.32. The maximum absolute atomic E-state index is 13.8. The molecule has 2 heterocycles. The van der Waals surface area contributed by atoms with E-state index in [0.717, 1.165) is 35.2 Å². The summed E-state index contributed by atoms with van der Waals surface area (Å²) in [5, 5.41) is 0. The minimum Gasteiger partial charge on any atom is -0.336 e. The number of benzene rings is 3. The average molecular weight is 409 g/mol. The van der Waals surface area contributed by atoms with Crippen LogP contribution in [-0.2, 0) is 16.0 Å². The quantitative estimate of drug-likeness (QED) is 0.570. The third-order valence-electron chi connectivity index (χ3n) is 6.04. The third-order valence-corrected chi connectivity index (χ3v) is 6.04. The zero-order valence-electron chi connectivity index (χ0n) is 17.8. The van der Waals surface area contributed by atoms with Crippen LogP contribution >= 0.6 is 0 Å². The molecule has 2 aliphatic rings. The second-order valence-corrected chi connectivity index (χ2v) is 8.26. The Morgan fingerprint density at radius 1 is 0.774 bits per heavy atom. The molecule has 0 aromatic heterocycles. The molecular formula is C27H24N2O2. The Kier molecular flexibility index (Phi) is 4.70. The summed E-state index contributed by atoms with van der Waals surface area (Å²) in [5.74, 6) is -0.527. The van der Waals surface area contributed by atoms with Gasteiger partial charge in [-0.05, 0) is 61.6 Å². The summed E-state index contributed by atoms with van der Waals surface area (Å²) >= 11 is 0. The van der Waals surface area contributed by atoms with E-state index in [1.807, 2.05) is 85.5 Å². The topological polar surface area (TPSA) is 40.6 Å². The van der Waals surface area contributed by atoms with Crippen LogP contribution < -0.4 is 9.80 Å². The predicted molar refractivity (Wildman–Crippen MR) is 124 cm³/mol. The normalized spacial score (nSPS) is 16.2. The lowest BCUT2D eigenvalue weighted by atomic mass is 9.98. The van der Waals surface area contributed by atoms with Gasteiger partial charge >= 0.3 is 0 Å². The number of imide groups is 1. The average Bonchev–Trinajstić information content (AvgIpc) is 3.04. The van der Waals surface area contributed by atoms with Crippen LogP contribution in [0.5, 0.6) is 0 Å². The van der Waals surface area contributed by atoms with E-state index in [4.69, 9.17) is 0 Å². The summed E-state index contributed by atoms with van der Waals surface area (Å²) in [7, 11) is 0. The molecule has 5 rings (SSSR count). The summed E-state index contributed by atoms with van der Waals surface area (Å²) < 4.78 is 0. The molecule has 4 nitrogen and oxygen atoms in total. The number of nitrogens with zero attached hydrogens (tertiary/aromatic N) is 2. The second kappa shape index (κ2) is 7.55. The van der Waals surface area contributed by atoms with Crippen molar-refractivity contribution in [1.29, 1.82) is 0 Å². The van der Waals surface area contributed by atoms with E-state index in [2.05, 4.69) is 6.07 Å². The Morgan fingerprint density at radius 3 is 2.32 bits per heavy atom. The van der Waals surface area contributed by atoms with Crippen molar-refractivity contribution in [3.05, 3.63) is 101 Å². The van der Waals surface area contributed by atoms with Crippen LogP contribution in [0.4, 0.5) is 11.4 Å². The van der Waals surface area contributed by atoms with Crippen LogP contribution in [0, 0.1) is 13.8 Å². The van der Waals surface area contributed by atoms with Gasteiger partial charge < -0.3 is 4.90 Å². The van der Waals surface area contributed by atoms with E-state index >= 15 is 0 Å². The number of rotatable bonds is 3. The second-order valence-electron chi connectivity index (χ2n) is 8.26. The van der Waals surface area contributed by atoms with E-state index in [9.17, 15) is 9.59 Å². The molecule has 0 aliphatic carbocycles. The van der Waals surface area contributed by atoms with Crippen molar-refractivity contribution in [2.24, 2.45) is 0 Å². The van der Waals surface area contributed by atoms with Crippen molar-refractivity contribution < 1.29 is 9.59 Å². The molecule has 2 aliphatic heterocycles. The fourth-order valence-electron chi connectivity index (χ4n) is 4.52. The number of carbonyl (C=O) groups is 2. The molecule has 31 heavy (non-hydrogen) atoms. The maximum Gasteiger partial charge on any atom is 0.282 e. The minimum atomic E-state index is -0.266. The van der Waals surface area contributed by atoms with Gasteiger partial charge in [-0.1, -0.05) is 60.2 Å². The van der Waals surface area contributed by atoms with Gasteiger partial charge in [-0.3, -0.25) is 9.59 Å². The summed E-state index contributed by atoms with van der Waals surface area (Å²) in [6, 6.07) is 23.6. The number of aryl methyl sites for hydroxylation is 3. The summed E-state index contributed by atoms with van der Waals surface area (Å²) in [5.41, 5.74) is 6.68. The SMILES string of the molecule is Cc1ccc(C2=C(N3CCCc4ccccc43)C(=O)N(c3cccc(C)c3)C2=O)cc1. The standard InChI is InChI=1S/C27H24N2O2/c1-18-12-14-21(15-13-18)24-25(28-16-6-9-20-8-3-4-11-23(20)28)27(31)29(26(24)30)22-10-5-7-19(2)17-22/h3-5,7-8,10-15,17H,6,9,16H2,1-2H3. The first-order valence-corrected chi connectivity index (χ1v) is 10.7. The van der Waals surface area contributed by atoms with E-state index in [1.165, 1.54) is 10.5 Å². The molecule has 0 fully saturated rings. The molecule has 0 radical (unpaired) electrons. The fraction of sp³-hybridized carbons (Fsp3) is 0.185. The van der Waals surface area contributed by atoms with Gasteiger partial charge in [0.15, 0.2) is 0 Å². The van der Waals surface area contributed by atoms with Crippen LogP contribution in [0.15, 0.2) is 78.5 Å². The van der Waals surface area contributed by atoms with E-state index in [1.54, 1.807) is 0 Å². The number of hydrogen-bond donors (Lipinski definition) is 0. The van der Waals surface area contributed by atoms with Gasteiger partial charge in [0.05, 0.1) is 11.3 Å². The molecule has 0 N–H and O–H groups in total. The highest BCUT2D eigenvalue weighted by Gasteiger charge is 2.43. The molecule has 3 aromatic carbocycles. The van der Waals surface area contributed by atoms with Gasteiger partial charge in [0.1, 0.15) is 5.70 Å². The molecule has 3 aromatic rings. The predicted octanol–water partition coefficient (Wildman–Crippen LogP) is 5.04. The molecule has 154 valence electrons. The van der Waals surface area contributed by atoms with Crippen LogP contribution in [-0.4, -0.2) is 18.4 Å². The Hall–Kier alpha value is -3.66. The third kappa shape index (κ3) is 3.25. The lowest BCUT2D eigenvalue weighted by molar-refractivity contribution is -0.120. The van der Waals surface area contributed by atoms with Gasteiger partial charge in [0.25, 0.3) is 11.8 Å². The summed E-state index contributed by atoms with van der Waals surface area (Å²) in [6.45, 7) is 4.69. The first kappa shape index (κ1) is 19.3. The molecule has 0 unspecified atom stereocenters.